The fourth-order valence-corrected chi connectivity index (χ4v) is 2.98. The van der Waals surface area contributed by atoms with Crippen molar-refractivity contribution < 1.29 is 13.9 Å². The fraction of sp³-hybridized carbons (Fsp3) is 0.438. The Morgan fingerprint density at radius 2 is 2.21 bits per heavy atom. The second-order valence-electron chi connectivity index (χ2n) is 5.73. The lowest BCUT2D eigenvalue weighted by Gasteiger charge is -2.14. The Hall–Kier alpha value is -1.73. The van der Waals surface area contributed by atoms with Gasteiger partial charge in [0.1, 0.15) is 5.75 Å². The van der Waals surface area contributed by atoms with E-state index >= 15 is 0 Å². The number of hydrogen-bond donors (Lipinski definition) is 1. The number of anilines is 1. The van der Waals surface area contributed by atoms with Crippen LogP contribution in [0.15, 0.2) is 21.8 Å². The highest BCUT2D eigenvalue weighted by Gasteiger charge is 2.30. The van der Waals surface area contributed by atoms with Crippen molar-refractivity contribution in [2.45, 2.75) is 43.1 Å². The van der Waals surface area contributed by atoms with Gasteiger partial charge in [0.05, 0.1) is 18.0 Å². The molecule has 2 aromatic rings. The standard InChI is InChI=1S/C16H18ClN3O3S/c1-8-6-12(13(22-3)7-11(8)17)18-14(21)9(2)24-16-20-19-15(23-16)10-4-5-10/h6-7,9-10H,4-5H2,1-3H3,(H,18,21)/t9-/m1/s1. The van der Waals surface area contributed by atoms with Gasteiger partial charge >= 0.3 is 0 Å². The van der Waals surface area contributed by atoms with Gasteiger partial charge in [0, 0.05) is 17.0 Å². The molecule has 0 aliphatic heterocycles. The van der Waals surface area contributed by atoms with E-state index in [1.54, 1.807) is 19.1 Å². The molecule has 3 rings (SSSR count). The summed E-state index contributed by atoms with van der Waals surface area (Å²) in [5.74, 6) is 1.41. The average molecular weight is 368 g/mol. The number of amides is 1. The zero-order valence-electron chi connectivity index (χ0n) is 13.6. The Kier molecular flexibility index (Phi) is 5.01. The predicted molar refractivity (Wildman–Crippen MR) is 93.0 cm³/mol. The number of aromatic nitrogens is 2. The first kappa shape index (κ1) is 17.1. The van der Waals surface area contributed by atoms with E-state index in [0.29, 0.717) is 33.5 Å². The van der Waals surface area contributed by atoms with Gasteiger partial charge in [0.15, 0.2) is 0 Å². The minimum Gasteiger partial charge on any atom is -0.495 e. The van der Waals surface area contributed by atoms with Crippen LogP contribution in [0.1, 0.15) is 37.1 Å². The molecule has 1 saturated carbocycles. The molecule has 1 amide bonds. The fourth-order valence-electron chi connectivity index (χ4n) is 2.13. The van der Waals surface area contributed by atoms with Crippen molar-refractivity contribution in [2.75, 3.05) is 12.4 Å². The first-order chi connectivity index (χ1) is 11.5. The van der Waals surface area contributed by atoms with Crippen molar-refractivity contribution in [1.82, 2.24) is 10.2 Å². The van der Waals surface area contributed by atoms with Gasteiger partial charge in [-0.05, 0) is 38.3 Å². The Balaban J connectivity index is 1.66. The molecule has 6 nitrogen and oxygen atoms in total. The molecular weight excluding hydrogens is 350 g/mol. The van der Waals surface area contributed by atoms with E-state index in [4.69, 9.17) is 20.8 Å². The number of ether oxygens (including phenoxy) is 1. The molecule has 1 N–H and O–H groups in total. The third kappa shape index (κ3) is 3.84. The largest absolute Gasteiger partial charge is 0.495 e. The SMILES string of the molecule is COc1cc(Cl)c(C)cc1NC(=O)[C@@H](C)Sc1nnc(C2CC2)o1. The second kappa shape index (κ2) is 7.03. The molecule has 0 spiro atoms. The highest BCUT2D eigenvalue weighted by atomic mass is 35.5. The van der Waals surface area contributed by atoms with Crippen LogP contribution in [0.4, 0.5) is 5.69 Å². The number of carbonyl (C=O) groups excluding carboxylic acids is 1. The smallest absolute Gasteiger partial charge is 0.277 e. The first-order valence-corrected chi connectivity index (χ1v) is 8.88. The van der Waals surface area contributed by atoms with Crippen LogP contribution in [-0.4, -0.2) is 28.5 Å². The van der Waals surface area contributed by atoms with Crippen molar-refractivity contribution >= 4 is 35.0 Å². The third-order valence-electron chi connectivity index (χ3n) is 3.73. The van der Waals surface area contributed by atoms with Crippen molar-refractivity contribution in [3.63, 3.8) is 0 Å². The molecule has 128 valence electrons. The highest BCUT2D eigenvalue weighted by Crippen LogP contribution is 2.40. The number of nitrogens with one attached hydrogen (secondary N) is 1. The lowest BCUT2D eigenvalue weighted by atomic mass is 10.2. The third-order valence-corrected chi connectivity index (χ3v) is 5.08. The molecule has 0 saturated heterocycles. The van der Waals surface area contributed by atoms with Crippen molar-refractivity contribution in [3.05, 3.63) is 28.6 Å². The quantitative estimate of drug-likeness (QED) is 0.776. The number of halogens is 1. The van der Waals surface area contributed by atoms with Crippen molar-refractivity contribution in [1.29, 1.82) is 0 Å². The van der Waals surface area contributed by atoms with Gasteiger partial charge in [0.2, 0.25) is 11.8 Å². The summed E-state index contributed by atoms with van der Waals surface area (Å²) >= 11 is 7.32. The average Bonchev–Trinajstić information content (AvgIpc) is 3.30. The summed E-state index contributed by atoms with van der Waals surface area (Å²) in [6.45, 7) is 3.66. The van der Waals surface area contributed by atoms with Gasteiger partial charge in [-0.25, -0.2) is 0 Å². The van der Waals surface area contributed by atoms with E-state index in [0.717, 1.165) is 18.4 Å². The Morgan fingerprint density at radius 1 is 1.46 bits per heavy atom. The molecule has 1 fully saturated rings. The molecule has 1 aromatic heterocycles. The summed E-state index contributed by atoms with van der Waals surface area (Å²) in [5.41, 5.74) is 1.44. The monoisotopic (exact) mass is 367 g/mol. The van der Waals surface area contributed by atoms with Crippen LogP contribution in [0, 0.1) is 6.92 Å². The van der Waals surface area contributed by atoms with Crippen LogP contribution < -0.4 is 10.1 Å². The van der Waals surface area contributed by atoms with E-state index < -0.39 is 5.25 Å². The van der Waals surface area contributed by atoms with Crippen LogP contribution in [0.2, 0.25) is 5.02 Å². The maximum atomic E-state index is 12.4. The number of methoxy groups -OCH3 is 1. The predicted octanol–water partition coefficient (Wildman–Crippen LogP) is 4.04. The summed E-state index contributed by atoms with van der Waals surface area (Å²) in [6, 6.07) is 3.47. The van der Waals surface area contributed by atoms with Crippen LogP contribution in [0.5, 0.6) is 5.75 Å². The second-order valence-corrected chi connectivity index (χ2v) is 7.43. The lowest BCUT2D eigenvalue weighted by molar-refractivity contribution is -0.115. The molecule has 1 heterocycles. The summed E-state index contributed by atoms with van der Waals surface area (Å²) < 4.78 is 10.8. The van der Waals surface area contributed by atoms with E-state index in [1.165, 1.54) is 18.9 Å². The van der Waals surface area contributed by atoms with Crippen LogP contribution >= 0.6 is 23.4 Å². The van der Waals surface area contributed by atoms with Crippen LogP contribution in [-0.2, 0) is 4.79 Å². The van der Waals surface area contributed by atoms with Crippen LogP contribution in [0.3, 0.4) is 0 Å². The maximum absolute atomic E-state index is 12.4. The summed E-state index contributed by atoms with van der Waals surface area (Å²) in [5, 5.41) is 11.5. The van der Waals surface area contributed by atoms with Crippen LogP contribution in [0.25, 0.3) is 0 Å². The summed E-state index contributed by atoms with van der Waals surface area (Å²) in [6.07, 6.45) is 2.19. The highest BCUT2D eigenvalue weighted by molar-refractivity contribution is 8.00. The van der Waals surface area contributed by atoms with Gasteiger partial charge in [-0.2, -0.15) is 0 Å². The van der Waals surface area contributed by atoms with Gasteiger partial charge in [-0.1, -0.05) is 23.4 Å². The van der Waals surface area contributed by atoms with Gasteiger partial charge in [0.25, 0.3) is 5.22 Å². The number of rotatable bonds is 6. The molecular formula is C16H18ClN3O3S. The molecule has 24 heavy (non-hydrogen) atoms. The van der Waals surface area contributed by atoms with Gasteiger partial charge in [-0.3, -0.25) is 4.79 Å². The molecule has 1 atom stereocenters. The van der Waals surface area contributed by atoms with Crippen molar-refractivity contribution in [3.8, 4) is 5.75 Å². The molecule has 0 radical (unpaired) electrons. The molecule has 0 bridgehead atoms. The molecule has 1 aliphatic rings. The summed E-state index contributed by atoms with van der Waals surface area (Å²) in [4.78, 5) is 12.4. The number of hydrogen-bond acceptors (Lipinski definition) is 6. The number of carbonyl (C=O) groups is 1. The van der Waals surface area contributed by atoms with Gasteiger partial charge in [-0.15, -0.1) is 10.2 Å². The first-order valence-electron chi connectivity index (χ1n) is 7.63. The molecule has 1 aromatic carbocycles. The summed E-state index contributed by atoms with van der Waals surface area (Å²) in [7, 11) is 1.53. The van der Waals surface area contributed by atoms with Gasteiger partial charge < -0.3 is 14.5 Å². The lowest BCUT2D eigenvalue weighted by Crippen LogP contribution is -2.22. The van der Waals surface area contributed by atoms with E-state index in [1.807, 2.05) is 6.92 Å². The minimum atomic E-state index is -0.391. The van der Waals surface area contributed by atoms with E-state index in [9.17, 15) is 4.79 Å². The number of thioether (sulfide) groups is 1. The molecule has 8 heteroatoms. The maximum Gasteiger partial charge on any atom is 0.277 e. The minimum absolute atomic E-state index is 0.175. The van der Waals surface area contributed by atoms with Crippen molar-refractivity contribution in [2.24, 2.45) is 0 Å². The number of benzene rings is 1. The van der Waals surface area contributed by atoms with E-state index in [2.05, 4.69) is 15.5 Å². The Bertz CT molecular complexity index is 761. The Morgan fingerprint density at radius 3 is 2.88 bits per heavy atom. The number of nitrogens with zero attached hydrogens (tertiary/aromatic N) is 2. The molecule has 0 unspecified atom stereocenters. The zero-order chi connectivity index (χ0) is 17.3. The van der Waals surface area contributed by atoms with E-state index in [-0.39, 0.29) is 5.91 Å². The number of aryl methyl sites for hydroxylation is 1. The Labute approximate surface area is 149 Å². The molecule has 1 aliphatic carbocycles. The topological polar surface area (TPSA) is 77.2 Å². The normalized spacial score (nSPS) is 15.2. The zero-order valence-corrected chi connectivity index (χ0v) is 15.2.